The number of carbonyl (C=O) groups is 3. The zero-order chi connectivity index (χ0) is 19.5. The average Bonchev–Trinajstić information content (AvgIpc) is 2.52. The lowest BCUT2D eigenvalue weighted by molar-refractivity contribution is -0.138. The quantitative estimate of drug-likeness (QED) is 0.826. The van der Waals surface area contributed by atoms with E-state index in [1.165, 1.54) is 22.7 Å². The molecule has 2 rings (SSSR count). The van der Waals surface area contributed by atoms with Crippen LogP contribution >= 0.6 is 11.8 Å². The molecule has 1 atom stereocenters. The maximum absolute atomic E-state index is 13.1. The number of thioether (sulfide) groups is 1. The second kappa shape index (κ2) is 7.98. The smallest absolute Gasteiger partial charge is 0.416 e. The first-order valence-corrected chi connectivity index (χ1v) is 8.84. The zero-order valence-electron chi connectivity index (χ0n) is 13.8. The van der Waals surface area contributed by atoms with E-state index in [2.05, 4.69) is 5.32 Å². The number of carbonyl (C=O) groups excluding carboxylic acids is 2. The Labute approximate surface area is 151 Å². The fourth-order valence-corrected chi connectivity index (χ4v) is 3.71. The third-order valence-electron chi connectivity index (χ3n) is 3.73. The van der Waals surface area contributed by atoms with Gasteiger partial charge in [-0.2, -0.15) is 24.9 Å². The average molecular weight is 390 g/mol. The van der Waals surface area contributed by atoms with Crippen molar-refractivity contribution < 1.29 is 32.7 Å². The van der Waals surface area contributed by atoms with Crippen molar-refractivity contribution in [1.29, 1.82) is 0 Å². The van der Waals surface area contributed by atoms with Crippen molar-refractivity contribution in [3.63, 3.8) is 0 Å². The van der Waals surface area contributed by atoms with Crippen molar-refractivity contribution in [3.05, 3.63) is 29.3 Å². The van der Waals surface area contributed by atoms with Crippen LogP contribution in [0.1, 0.15) is 29.3 Å². The van der Waals surface area contributed by atoms with E-state index >= 15 is 0 Å². The van der Waals surface area contributed by atoms with Gasteiger partial charge in [0.25, 0.3) is 5.91 Å². The molecule has 10 heteroatoms. The van der Waals surface area contributed by atoms with Crippen molar-refractivity contribution >= 4 is 35.2 Å². The summed E-state index contributed by atoms with van der Waals surface area (Å²) >= 11 is 1.49. The molecule has 2 N–H and O–H groups in total. The topological polar surface area (TPSA) is 86.7 Å². The lowest BCUT2D eigenvalue weighted by Gasteiger charge is -2.34. The summed E-state index contributed by atoms with van der Waals surface area (Å²) in [5.74, 6) is -1.37. The van der Waals surface area contributed by atoms with Crippen LogP contribution in [0, 0.1) is 0 Å². The molecule has 1 fully saturated rings. The Morgan fingerprint density at radius 2 is 2.00 bits per heavy atom. The normalized spacial score (nSPS) is 17.7. The van der Waals surface area contributed by atoms with Crippen LogP contribution in [-0.4, -0.2) is 51.9 Å². The van der Waals surface area contributed by atoms with Crippen molar-refractivity contribution in [2.24, 2.45) is 0 Å². The molecule has 1 heterocycles. The number of hydrogen-bond donors (Lipinski definition) is 2. The van der Waals surface area contributed by atoms with Crippen molar-refractivity contribution in [3.8, 4) is 0 Å². The van der Waals surface area contributed by atoms with Gasteiger partial charge in [-0.25, -0.2) is 0 Å². The minimum Gasteiger partial charge on any atom is -0.481 e. The largest absolute Gasteiger partial charge is 0.481 e. The second-order valence-electron chi connectivity index (χ2n) is 5.80. The van der Waals surface area contributed by atoms with Gasteiger partial charge in [-0.1, -0.05) is 0 Å². The van der Waals surface area contributed by atoms with Gasteiger partial charge >= 0.3 is 12.1 Å². The van der Waals surface area contributed by atoms with Gasteiger partial charge in [-0.05, 0) is 18.2 Å². The number of carboxylic acids is 1. The van der Waals surface area contributed by atoms with Gasteiger partial charge in [0.05, 0.1) is 18.0 Å². The number of benzene rings is 1. The summed E-state index contributed by atoms with van der Waals surface area (Å²) in [5, 5.41) is 11.2. The van der Waals surface area contributed by atoms with E-state index in [4.69, 9.17) is 5.11 Å². The summed E-state index contributed by atoms with van der Waals surface area (Å²) in [5.41, 5.74) is -1.45. The van der Waals surface area contributed by atoms with Crippen molar-refractivity contribution in [2.75, 3.05) is 23.4 Å². The molecule has 0 aliphatic carbocycles. The van der Waals surface area contributed by atoms with E-state index < -0.39 is 35.6 Å². The summed E-state index contributed by atoms with van der Waals surface area (Å²) in [6.07, 6.45) is -4.97. The summed E-state index contributed by atoms with van der Waals surface area (Å²) < 4.78 is 39.4. The Hall–Kier alpha value is -2.23. The number of anilines is 1. The highest BCUT2D eigenvalue weighted by Crippen LogP contribution is 2.33. The number of halogens is 3. The lowest BCUT2D eigenvalue weighted by atomic mass is 10.1. The highest BCUT2D eigenvalue weighted by molar-refractivity contribution is 7.99. The van der Waals surface area contributed by atoms with Crippen LogP contribution in [0.2, 0.25) is 0 Å². The molecule has 0 radical (unpaired) electrons. The maximum atomic E-state index is 13.1. The summed E-state index contributed by atoms with van der Waals surface area (Å²) in [6.45, 7) is 1.39. The number of nitrogens with one attached hydrogen (secondary N) is 1. The SMILES string of the molecule is CC(=O)Nc1cc(C(=O)N2CCSCC2CC(=O)O)cc(C(F)(F)F)c1. The Morgan fingerprint density at radius 3 is 2.58 bits per heavy atom. The summed E-state index contributed by atoms with van der Waals surface area (Å²) in [4.78, 5) is 36.2. The van der Waals surface area contributed by atoms with E-state index in [1.54, 1.807) is 0 Å². The first-order chi connectivity index (χ1) is 12.1. The minimum atomic E-state index is -4.69. The molecule has 2 amide bonds. The molecule has 0 saturated carbocycles. The van der Waals surface area contributed by atoms with E-state index in [-0.39, 0.29) is 24.2 Å². The zero-order valence-corrected chi connectivity index (χ0v) is 14.6. The van der Waals surface area contributed by atoms with Crippen molar-refractivity contribution in [1.82, 2.24) is 4.90 Å². The number of carboxylic acid groups (broad SMARTS) is 1. The van der Waals surface area contributed by atoms with Gasteiger partial charge in [0.2, 0.25) is 5.91 Å². The van der Waals surface area contributed by atoms with Gasteiger partial charge in [-0.3, -0.25) is 14.4 Å². The molecule has 1 aliphatic rings. The lowest BCUT2D eigenvalue weighted by Crippen LogP contribution is -2.47. The number of hydrogen-bond acceptors (Lipinski definition) is 4. The van der Waals surface area contributed by atoms with E-state index in [0.717, 1.165) is 13.0 Å². The molecular formula is C16H17F3N2O4S. The van der Waals surface area contributed by atoms with Gasteiger partial charge < -0.3 is 15.3 Å². The molecule has 142 valence electrons. The van der Waals surface area contributed by atoms with Gasteiger partial charge in [0, 0.05) is 36.2 Å². The molecule has 0 spiro atoms. The molecule has 6 nitrogen and oxygen atoms in total. The fourth-order valence-electron chi connectivity index (χ4n) is 2.65. The van der Waals surface area contributed by atoms with Gasteiger partial charge in [-0.15, -0.1) is 0 Å². The summed E-state index contributed by atoms with van der Waals surface area (Å²) in [6, 6.07) is 2.03. The number of aliphatic carboxylic acids is 1. The molecule has 0 aromatic heterocycles. The maximum Gasteiger partial charge on any atom is 0.416 e. The predicted octanol–water partition coefficient (Wildman–Crippen LogP) is 2.70. The van der Waals surface area contributed by atoms with Gasteiger partial charge in [0.1, 0.15) is 0 Å². The Balaban J connectivity index is 2.39. The molecule has 1 saturated heterocycles. The molecule has 1 aromatic carbocycles. The van der Waals surface area contributed by atoms with Gasteiger partial charge in [0.15, 0.2) is 0 Å². The molecule has 1 unspecified atom stereocenters. The third-order valence-corrected chi connectivity index (χ3v) is 4.82. The Bertz CT molecular complexity index is 724. The molecule has 1 aliphatic heterocycles. The standard InChI is InChI=1S/C16H17F3N2O4S/c1-9(22)20-12-5-10(4-11(6-12)16(17,18)19)15(25)21-2-3-26-8-13(21)7-14(23)24/h4-6,13H,2-3,7-8H2,1H3,(H,20,22)(H,23,24). The second-order valence-corrected chi connectivity index (χ2v) is 6.95. The number of alkyl halides is 3. The van der Waals surface area contributed by atoms with Crippen LogP contribution in [0.3, 0.4) is 0 Å². The molecule has 26 heavy (non-hydrogen) atoms. The number of amides is 2. The Kier molecular flexibility index (Phi) is 6.17. The van der Waals surface area contributed by atoms with Crippen LogP contribution in [0.5, 0.6) is 0 Å². The number of rotatable bonds is 4. The van der Waals surface area contributed by atoms with Crippen LogP contribution < -0.4 is 5.32 Å². The highest BCUT2D eigenvalue weighted by Gasteiger charge is 2.34. The molecule has 1 aromatic rings. The fraction of sp³-hybridized carbons (Fsp3) is 0.438. The minimum absolute atomic E-state index is 0.142. The monoisotopic (exact) mass is 390 g/mol. The van der Waals surface area contributed by atoms with Crippen LogP contribution in [0.15, 0.2) is 18.2 Å². The first kappa shape index (κ1) is 20.1. The number of nitrogens with zero attached hydrogens (tertiary/aromatic N) is 1. The van der Waals surface area contributed by atoms with Crippen molar-refractivity contribution in [2.45, 2.75) is 25.6 Å². The summed E-state index contributed by atoms with van der Waals surface area (Å²) in [7, 11) is 0. The first-order valence-electron chi connectivity index (χ1n) is 7.68. The highest BCUT2D eigenvalue weighted by atomic mass is 32.2. The van der Waals surface area contributed by atoms with E-state index in [0.29, 0.717) is 17.6 Å². The van der Waals surface area contributed by atoms with Crippen LogP contribution in [0.25, 0.3) is 0 Å². The van der Waals surface area contributed by atoms with Crippen LogP contribution in [-0.2, 0) is 15.8 Å². The van der Waals surface area contributed by atoms with Crippen LogP contribution in [0.4, 0.5) is 18.9 Å². The molecular weight excluding hydrogens is 373 g/mol. The molecule has 0 bridgehead atoms. The predicted molar refractivity (Wildman–Crippen MR) is 90.2 cm³/mol. The third kappa shape index (κ3) is 5.13. The Morgan fingerprint density at radius 1 is 1.31 bits per heavy atom. The van der Waals surface area contributed by atoms with E-state index in [1.807, 2.05) is 0 Å². The van der Waals surface area contributed by atoms with E-state index in [9.17, 15) is 27.6 Å².